The van der Waals surface area contributed by atoms with Crippen LogP contribution in [0.2, 0.25) is 0 Å². The Morgan fingerprint density at radius 2 is 2.26 bits per heavy atom. The molecule has 0 spiro atoms. The molecule has 2 N–H and O–H groups in total. The van der Waals surface area contributed by atoms with Crippen LogP contribution in [0.25, 0.3) is 0 Å². The average Bonchev–Trinajstić information content (AvgIpc) is 2.44. The van der Waals surface area contributed by atoms with Crippen molar-refractivity contribution in [2.45, 2.75) is 0 Å². The number of aromatic nitrogens is 1. The van der Waals surface area contributed by atoms with Crippen molar-refractivity contribution in [1.29, 1.82) is 0 Å². The maximum Gasteiger partial charge on any atom is 0.325 e. The summed E-state index contributed by atoms with van der Waals surface area (Å²) >= 11 is 0. The molecule has 0 bridgehead atoms. The first-order valence-electron chi connectivity index (χ1n) is 5.56. The van der Waals surface area contributed by atoms with Crippen LogP contribution in [0.5, 0.6) is 0 Å². The van der Waals surface area contributed by atoms with E-state index in [2.05, 4.69) is 21.6 Å². The predicted molar refractivity (Wildman–Crippen MR) is 69.1 cm³/mol. The van der Waals surface area contributed by atoms with E-state index in [9.17, 15) is 9.59 Å². The molecule has 0 aliphatic heterocycles. The second-order valence-electron chi connectivity index (χ2n) is 3.64. The third-order valence-corrected chi connectivity index (χ3v) is 2.28. The van der Waals surface area contributed by atoms with Crippen molar-refractivity contribution in [2.75, 3.05) is 27.2 Å². The van der Waals surface area contributed by atoms with Gasteiger partial charge in [0.15, 0.2) is 0 Å². The van der Waals surface area contributed by atoms with Gasteiger partial charge in [-0.05, 0) is 12.1 Å². The number of esters is 1. The van der Waals surface area contributed by atoms with Gasteiger partial charge in [-0.2, -0.15) is 0 Å². The van der Waals surface area contributed by atoms with Gasteiger partial charge in [0.25, 0.3) is 5.91 Å². The molecule has 0 saturated carbocycles. The molecule has 1 aromatic heterocycles. The molecule has 0 aliphatic carbocycles. The van der Waals surface area contributed by atoms with Gasteiger partial charge in [0.05, 0.1) is 19.2 Å². The Bertz CT molecular complexity index is 531. The zero-order valence-electron chi connectivity index (χ0n) is 10.8. The summed E-state index contributed by atoms with van der Waals surface area (Å²) in [5.74, 6) is 4.55. The predicted octanol–water partition coefficient (Wildman–Crippen LogP) is -0.363. The Hall–Kier alpha value is -2.39. The Morgan fingerprint density at radius 3 is 2.89 bits per heavy atom. The number of carbonyl (C=O) groups is 2. The lowest BCUT2D eigenvalue weighted by Gasteiger charge is -2.15. The number of carbonyl (C=O) groups excluding carboxylic acids is 2. The van der Waals surface area contributed by atoms with E-state index < -0.39 is 11.9 Å². The average molecular weight is 261 g/mol. The molecule has 0 aliphatic rings. The number of amides is 1. The molecule has 1 aromatic rings. The number of likely N-dealkylation sites (N-methyl/N-ethyl adjacent to an activating group) is 1. The van der Waals surface area contributed by atoms with Gasteiger partial charge in [-0.1, -0.05) is 11.8 Å². The highest BCUT2D eigenvalue weighted by molar-refractivity contribution is 5.96. The minimum absolute atomic E-state index is 0.143. The molecule has 6 heteroatoms. The first kappa shape index (κ1) is 14.7. The van der Waals surface area contributed by atoms with Gasteiger partial charge in [0.2, 0.25) is 0 Å². The minimum Gasteiger partial charge on any atom is -0.468 e. The van der Waals surface area contributed by atoms with Crippen LogP contribution in [-0.4, -0.2) is 49.0 Å². The summed E-state index contributed by atoms with van der Waals surface area (Å²) in [6, 6.07) is 3.35. The van der Waals surface area contributed by atoms with Crippen LogP contribution in [0, 0.1) is 11.8 Å². The molecule has 1 amide bonds. The summed E-state index contributed by atoms with van der Waals surface area (Å²) in [4.78, 5) is 28.5. The first-order valence-corrected chi connectivity index (χ1v) is 5.56. The van der Waals surface area contributed by atoms with Crippen molar-refractivity contribution in [3.05, 3.63) is 29.6 Å². The lowest BCUT2D eigenvalue weighted by atomic mass is 10.2. The molecule has 1 rings (SSSR count). The number of hydrogen-bond acceptors (Lipinski definition) is 5. The van der Waals surface area contributed by atoms with Gasteiger partial charge in [0.1, 0.15) is 12.2 Å². The Morgan fingerprint density at radius 1 is 1.53 bits per heavy atom. The van der Waals surface area contributed by atoms with E-state index in [0.29, 0.717) is 5.56 Å². The Kier molecular flexibility index (Phi) is 5.51. The topological polar surface area (TPSA) is 85.5 Å². The van der Waals surface area contributed by atoms with E-state index in [1.54, 1.807) is 12.1 Å². The van der Waals surface area contributed by atoms with Crippen LogP contribution in [0.1, 0.15) is 16.1 Å². The fourth-order valence-corrected chi connectivity index (χ4v) is 1.33. The van der Waals surface area contributed by atoms with Crippen LogP contribution in [0.3, 0.4) is 0 Å². The molecule has 0 radical (unpaired) electrons. The van der Waals surface area contributed by atoms with Crippen LogP contribution < -0.4 is 5.73 Å². The van der Waals surface area contributed by atoms with E-state index in [0.717, 1.165) is 0 Å². The van der Waals surface area contributed by atoms with Crippen LogP contribution in [0.4, 0.5) is 0 Å². The van der Waals surface area contributed by atoms with Crippen molar-refractivity contribution in [3.63, 3.8) is 0 Å². The second-order valence-corrected chi connectivity index (χ2v) is 3.64. The molecular formula is C13H15N3O3. The quantitative estimate of drug-likeness (QED) is 0.593. The summed E-state index contributed by atoms with van der Waals surface area (Å²) in [5.41, 5.74) is 5.97. The highest BCUT2D eigenvalue weighted by Crippen LogP contribution is 2.06. The lowest BCUT2D eigenvalue weighted by molar-refractivity contribution is -0.141. The molecule has 19 heavy (non-hydrogen) atoms. The SMILES string of the molecule is COC(=O)CN(C)C(=O)c1ncccc1C#CCN. The monoisotopic (exact) mass is 261 g/mol. The third-order valence-electron chi connectivity index (χ3n) is 2.28. The molecular weight excluding hydrogens is 246 g/mol. The largest absolute Gasteiger partial charge is 0.468 e. The highest BCUT2D eigenvalue weighted by Gasteiger charge is 2.18. The fraction of sp³-hybridized carbons (Fsp3) is 0.308. The number of methoxy groups -OCH3 is 1. The number of ether oxygens (including phenoxy) is 1. The number of pyridine rings is 1. The number of hydrogen-bond donors (Lipinski definition) is 1. The molecule has 0 atom stereocenters. The molecule has 1 heterocycles. The van der Waals surface area contributed by atoms with E-state index in [1.807, 2.05) is 0 Å². The van der Waals surface area contributed by atoms with E-state index in [4.69, 9.17) is 5.73 Å². The smallest absolute Gasteiger partial charge is 0.325 e. The molecule has 0 saturated heterocycles. The Labute approximate surface area is 111 Å². The van der Waals surface area contributed by atoms with Gasteiger partial charge < -0.3 is 15.4 Å². The summed E-state index contributed by atoms with van der Waals surface area (Å²) in [5, 5.41) is 0. The standard InChI is InChI=1S/C13H15N3O3/c1-16(9-11(17)19-2)13(18)12-10(5-3-7-14)6-4-8-15-12/h4,6,8H,7,9,14H2,1-2H3. The van der Waals surface area contributed by atoms with E-state index in [1.165, 1.54) is 25.3 Å². The number of rotatable bonds is 3. The van der Waals surface area contributed by atoms with Gasteiger partial charge in [-0.3, -0.25) is 9.59 Å². The third kappa shape index (κ3) is 4.08. The Balaban J connectivity index is 2.96. The number of nitrogens with zero attached hydrogens (tertiary/aromatic N) is 2. The molecule has 6 nitrogen and oxygen atoms in total. The summed E-state index contributed by atoms with van der Waals surface area (Å²) in [7, 11) is 2.76. The molecule has 0 fully saturated rings. The van der Waals surface area contributed by atoms with Crippen molar-refractivity contribution < 1.29 is 14.3 Å². The lowest BCUT2D eigenvalue weighted by Crippen LogP contribution is -2.33. The summed E-state index contributed by atoms with van der Waals surface area (Å²) in [6.45, 7) is 0.0518. The van der Waals surface area contributed by atoms with Gasteiger partial charge in [-0.25, -0.2) is 4.98 Å². The minimum atomic E-state index is -0.499. The first-order chi connectivity index (χ1) is 9.10. The van der Waals surface area contributed by atoms with Crippen LogP contribution in [0.15, 0.2) is 18.3 Å². The van der Waals surface area contributed by atoms with E-state index in [-0.39, 0.29) is 18.8 Å². The molecule has 0 aromatic carbocycles. The molecule has 100 valence electrons. The summed E-state index contributed by atoms with van der Waals surface area (Å²) < 4.78 is 4.50. The zero-order valence-corrected chi connectivity index (χ0v) is 10.8. The van der Waals surface area contributed by atoms with Gasteiger partial charge in [0, 0.05) is 13.2 Å². The maximum absolute atomic E-state index is 12.1. The van der Waals surface area contributed by atoms with Crippen molar-refractivity contribution in [1.82, 2.24) is 9.88 Å². The number of nitrogens with two attached hydrogens (primary N) is 1. The second kappa shape index (κ2) is 7.13. The van der Waals surface area contributed by atoms with E-state index >= 15 is 0 Å². The van der Waals surface area contributed by atoms with Crippen molar-refractivity contribution in [2.24, 2.45) is 5.73 Å². The zero-order chi connectivity index (χ0) is 14.3. The summed E-state index contributed by atoms with van der Waals surface area (Å²) in [6.07, 6.45) is 1.49. The van der Waals surface area contributed by atoms with Crippen LogP contribution >= 0.6 is 0 Å². The van der Waals surface area contributed by atoms with Gasteiger partial charge in [-0.15, -0.1) is 0 Å². The van der Waals surface area contributed by atoms with Crippen molar-refractivity contribution >= 4 is 11.9 Å². The van der Waals surface area contributed by atoms with Gasteiger partial charge >= 0.3 is 5.97 Å². The van der Waals surface area contributed by atoms with Crippen LogP contribution in [-0.2, 0) is 9.53 Å². The normalized spacial score (nSPS) is 9.21. The highest BCUT2D eigenvalue weighted by atomic mass is 16.5. The maximum atomic E-state index is 12.1. The fourth-order valence-electron chi connectivity index (χ4n) is 1.33. The van der Waals surface area contributed by atoms with Crippen molar-refractivity contribution in [3.8, 4) is 11.8 Å². The molecule has 0 unspecified atom stereocenters.